The van der Waals surface area contributed by atoms with Gasteiger partial charge in [-0.1, -0.05) is 12.1 Å². The van der Waals surface area contributed by atoms with Crippen molar-refractivity contribution in [1.82, 2.24) is 0 Å². The fraction of sp³-hybridized carbons (Fsp3) is 0. The SMILES string of the molecule is C=C.[Zr+4].c1ccc2[cH-]ccc2c1.c1ccc2[cH-]ccc2c1. The summed E-state index contributed by atoms with van der Waals surface area (Å²) in [5.41, 5.74) is 0. The Balaban J connectivity index is 0.000000181. The molecule has 0 bridgehead atoms. The van der Waals surface area contributed by atoms with Crippen molar-refractivity contribution in [3.63, 3.8) is 0 Å². The molecule has 0 saturated heterocycles. The van der Waals surface area contributed by atoms with Crippen LogP contribution in [-0.2, 0) is 26.2 Å². The molecular formula is C20H18Zr+2. The second-order valence-electron chi connectivity index (χ2n) is 4.31. The number of benzene rings is 2. The standard InChI is InChI=1S/2C9H7.C2H4.Zr/c2*1-2-5-9-7-3-6-8(9)4-1;1-2;/h2*1-7H;1-2H2;/q2*-1;;+4. The van der Waals surface area contributed by atoms with Gasteiger partial charge in [0, 0.05) is 0 Å². The predicted molar refractivity (Wildman–Crippen MR) is 90.3 cm³/mol. The van der Waals surface area contributed by atoms with Crippen LogP contribution in [0.2, 0.25) is 0 Å². The van der Waals surface area contributed by atoms with E-state index in [0.29, 0.717) is 0 Å². The zero-order valence-electron chi connectivity index (χ0n) is 12.0. The van der Waals surface area contributed by atoms with E-state index in [4.69, 9.17) is 0 Å². The zero-order chi connectivity index (χ0) is 14.2. The van der Waals surface area contributed by atoms with Crippen molar-refractivity contribution in [2.24, 2.45) is 0 Å². The van der Waals surface area contributed by atoms with Gasteiger partial charge in [0.25, 0.3) is 0 Å². The van der Waals surface area contributed by atoms with Crippen LogP contribution in [0.15, 0.2) is 98.1 Å². The van der Waals surface area contributed by atoms with Gasteiger partial charge < -0.3 is 0 Å². The van der Waals surface area contributed by atoms with E-state index in [1.54, 1.807) is 0 Å². The van der Waals surface area contributed by atoms with E-state index in [9.17, 15) is 0 Å². The first-order valence-electron chi connectivity index (χ1n) is 6.64. The van der Waals surface area contributed by atoms with Gasteiger partial charge in [-0.3, -0.25) is 0 Å². The molecule has 4 rings (SSSR count). The molecule has 0 atom stereocenters. The van der Waals surface area contributed by atoms with Crippen molar-refractivity contribution in [3.8, 4) is 0 Å². The Bertz CT molecular complexity index is 635. The van der Waals surface area contributed by atoms with Crippen LogP contribution >= 0.6 is 0 Å². The third-order valence-corrected chi connectivity index (χ3v) is 3.10. The summed E-state index contributed by atoms with van der Waals surface area (Å²) in [7, 11) is 0. The Hall–Kier alpha value is -1.72. The second kappa shape index (κ2) is 9.26. The predicted octanol–water partition coefficient (Wildman–Crippen LogP) is 5.92. The van der Waals surface area contributed by atoms with Crippen LogP contribution in [0.4, 0.5) is 0 Å². The Morgan fingerprint density at radius 2 is 0.952 bits per heavy atom. The van der Waals surface area contributed by atoms with Gasteiger partial charge in [-0.05, 0) is 0 Å². The summed E-state index contributed by atoms with van der Waals surface area (Å²) in [4.78, 5) is 0. The molecule has 100 valence electrons. The van der Waals surface area contributed by atoms with Gasteiger partial charge in [0.05, 0.1) is 0 Å². The normalized spacial score (nSPS) is 8.95. The van der Waals surface area contributed by atoms with Crippen LogP contribution < -0.4 is 0 Å². The van der Waals surface area contributed by atoms with Crippen molar-refractivity contribution < 1.29 is 26.2 Å². The van der Waals surface area contributed by atoms with Gasteiger partial charge >= 0.3 is 26.2 Å². The largest absolute Gasteiger partial charge is 4.00 e. The molecule has 4 aromatic rings. The fourth-order valence-electron chi connectivity index (χ4n) is 2.14. The van der Waals surface area contributed by atoms with E-state index in [1.807, 2.05) is 0 Å². The summed E-state index contributed by atoms with van der Waals surface area (Å²) < 4.78 is 0. The Morgan fingerprint density at radius 1 is 0.571 bits per heavy atom. The third kappa shape index (κ3) is 4.65. The van der Waals surface area contributed by atoms with Crippen LogP contribution in [0.5, 0.6) is 0 Å². The second-order valence-corrected chi connectivity index (χ2v) is 4.31. The maximum atomic E-state index is 3.00. The molecular weight excluding hydrogens is 331 g/mol. The average Bonchev–Trinajstić information content (AvgIpc) is 3.18. The van der Waals surface area contributed by atoms with Gasteiger partial charge in [0.1, 0.15) is 0 Å². The van der Waals surface area contributed by atoms with E-state index < -0.39 is 0 Å². The van der Waals surface area contributed by atoms with Crippen LogP contribution in [0, 0.1) is 0 Å². The first kappa shape index (κ1) is 17.3. The quantitative estimate of drug-likeness (QED) is 0.273. The number of fused-ring (bicyclic) bond motifs is 2. The van der Waals surface area contributed by atoms with Crippen LogP contribution in [0.25, 0.3) is 21.5 Å². The molecule has 1 heteroatoms. The maximum Gasteiger partial charge on any atom is 4.00 e. The number of hydrogen-bond donors (Lipinski definition) is 0. The minimum atomic E-state index is 0. The summed E-state index contributed by atoms with van der Waals surface area (Å²) in [6, 6.07) is 29.3. The molecule has 0 aliphatic carbocycles. The minimum Gasteiger partial charge on any atom is -0.168 e. The van der Waals surface area contributed by atoms with E-state index in [2.05, 4.69) is 98.1 Å². The molecule has 0 N–H and O–H groups in total. The van der Waals surface area contributed by atoms with Crippen LogP contribution in [0.3, 0.4) is 0 Å². The Kier molecular flexibility index (Phi) is 7.65. The molecule has 0 fully saturated rings. The molecule has 21 heavy (non-hydrogen) atoms. The summed E-state index contributed by atoms with van der Waals surface area (Å²) in [5.74, 6) is 0. The van der Waals surface area contributed by atoms with Gasteiger partial charge in [-0.2, -0.15) is 35.0 Å². The molecule has 0 radical (unpaired) electrons. The van der Waals surface area contributed by atoms with E-state index in [-0.39, 0.29) is 26.2 Å². The van der Waals surface area contributed by atoms with Crippen LogP contribution in [-0.4, -0.2) is 0 Å². The van der Waals surface area contributed by atoms with Gasteiger partial charge in [0.15, 0.2) is 0 Å². The van der Waals surface area contributed by atoms with Crippen molar-refractivity contribution in [2.45, 2.75) is 0 Å². The molecule has 0 spiro atoms. The summed E-state index contributed by atoms with van der Waals surface area (Å²) in [6.45, 7) is 6.00. The summed E-state index contributed by atoms with van der Waals surface area (Å²) >= 11 is 0. The smallest absolute Gasteiger partial charge is 0.168 e. The molecule has 0 aliphatic rings. The van der Waals surface area contributed by atoms with E-state index in [1.165, 1.54) is 21.5 Å². The molecule has 0 nitrogen and oxygen atoms in total. The molecule has 0 aliphatic heterocycles. The van der Waals surface area contributed by atoms with Crippen molar-refractivity contribution in [2.75, 3.05) is 0 Å². The molecule has 0 unspecified atom stereocenters. The molecule has 0 saturated carbocycles. The Labute approximate surface area is 145 Å². The van der Waals surface area contributed by atoms with Crippen molar-refractivity contribution >= 4 is 21.5 Å². The first-order chi connectivity index (χ1) is 9.93. The third-order valence-electron chi connectivity index (χ3n) is 3.10. The Morgan fingerprint density at radius 3 is 1.33 bits per heavy atom. The van der Waals surface area contributed by atoms with E-state index >= 15 is 0 Å². The topological polar surface area (TPSA) is 0 Å². The van der Waals surface area contributed by atoms with Crippen molar-refractivity contribution in [1.29, 1.82) is 0 Å². The molecule has 0 amide bonds. The van der Waals surface area contributed by atoms with Gasteiger partial charge in [-0.15, -0.1) is 72.5 Å². The molecule has 4 aromatic carbocycles. The summed E-state index contributed by atoms with van der Waals surface area (Å²) in [6.07, 6.45) is 0. The molecule has 0 heterocycles. The zero-order valence-corrected chi connectivity index (χ0v) is 14.5. The fourth-order valence-corrected chi connectivity index (χ4v) is 2.14. The van der Waals surface area contributed by atoms with Crippen LogP contribution in [0.1, 0.15) is 0 Å². The van der Waals surface area contributed by atoms with E-state index in [0.717, 1.165) is 0 Å². The van der Waals surface area contributed by atoms with Gasteiger partial charge in [-0.25, -0.2) is 0 Å². The monoisotopic (exact) mass is 348 g/mol. The van der Waals surface area contributed by atoms with Gasteiger partial charge in [0.2, 0.25) is 0 Å². The minimum absolute atomic E-state index is 0. The summed E-state index contributed by atoms with van der Waals surface area (Å²) in [5, 5.41) is 5.32. The molecule has 0 aromatic heterocycles. The number of hydrogen-bond acceptors (Lipinski definition) is 0. The average molecular weight is 350 g/mol. The first-order valence-corrected chi connectivity index (χ1v) is 6.64. The van der Waals surface area contributed by atoms with Crippen molar-refractivity contribution in [3.05, 3.63) is 98.1 Å². The number of rotatable bonds is 0. The maximum absolute atomic E-state index is 3.00.